The molecule has 150 heavy (non-hydrogen) atoms. The predicted molar refractivity (Wildman–Crippen MR) is 548 cm³/mol. The molecule has 7 aliphatic rings. The van der Waals surface area contributed by atoms with Gasteiger partial charge in [-0.25, -0.2) is 17.9 Å². The van der Waals surface area contributed by atoms with Crippen molar-refractivity contribution in [1.82, 2.24) is 29.9 Å². The van der Waals surface area contributed by atoms with Crippen LogP contribution in [-0.2, 0) is 107 Å². The van der Waals surface area contributed by atoms with Gasteiger partial charge in [0.2, 0.25) is 17.7 Å². The number of ether oxygens (including phenoxy) is 4. The number of carboxylic acids is 2. The molecule has 3 amide bonds. The summed E-state index contributed by atoms with van der Waals surface area (Å²) in [5.74, 6) is -6.72. The van der Waals surface area contributed by atoms with Gasteiger partial charge >= 0.3 is 83.9 Å². The van der Waals surface area contributed by atoms with Gasteiger partial charge in [0.15, 0.2) is 0 Å². The Morgan fingerprint density at radius 2 is 0.747 bits per heavy atom. The van der Waals surface area contributed by atoms with E-state index >= 15 is 0 Å². The number of carbonyl (C=O) groups is 11. The zero-order valence-corrected chi connectivity index (χ0v) is 92.5. The molecule has 7 aromatic carbocycles. The van der Waals surface area contributed by atoms with E-state index in [0.717, 1.165) is 75.4 Å². The van der Waals surface area contributed by atoms with Crippen LogP contribution in [-0.4, -0.2) is 184 Å². The van der Waals surface area contributed by atoms with Crippen LogP contribution in [0.5, 0.6) is 0 Å². The second-order valence-electron chi connectivity index (χ2n) is 39.5. The van der Waals surface area contributed by atoms with Crippen LogP contribution in [0.3, 0.4) is 0 Å². The predicted octanol–water partition coefficient (Wildman–Crippen LogP) is 15.4. The Kier molecular flexibility index (Phi) is 49.1. The van der Waals surface area contributed by atoms with E-state index in [1.807, 2.05) is 92.9 Å². The second-order valence-corrected chi connectivity index (χ2v) is 45.2. The van der Waals surface area contributed by atoms with Crippen LogP contribution in [0.15, 0.2) is 152 Å². The maximum absolute atomic E-state index is 13.8. The first-order valence-corrected chi connectivity index (χ1v) is 52.3. The Labute approximate surface area is 914 Å². The summed E-state index contributed by atoms with van der Waals surface area (Å²) < 4.78 is 174. The number of rotatable bonds is 26. The largest absolute Gasteiger partial charge is 1.00 e. The van der Waals surface area contributed by atoms with Crippen LogP contribution in [0, 0.1) is 35.5 Å². The molecule has 7 N–H and O–H groups in total. The van der Waals surface area contributed by atoms with Crippen molar-refractivity contribution in [3.8, 4) is 0 Å². The van der Waals surface area contributed by atoms with Crippen molar-refractivity contribution in [1.29, 1.82) is 0 Å². The number of esters is 5. The van der Waals surface area contributed by atoms with E-state index in [1.165, 1.54) is 18.2 Å². The fraction of sp³-hybridized carbons (Fsp3) is 0.495. The molecule has 0 spiro atoms. The van der Waals surface area contributed by atoms with Gasteiger partial charge in [0, 0.05) is 152 Å². The van der Waals surface area contributed by atoms with Crippen LogP contribution in [0.25, 0.3) is 0 Å². The first-order chi connectivity index (χ1) is 69.7. The Morgan fingerprint density at radius 3 is 1.02 bits per heavy atom. The molecule has 816 valence electrons. The molecule has 7 aromatic rings. The molecule has 14 rings (SSSR count). The Morgan fingerprint density at radius 1 is 0.460 bits per heavy atom. The van der Waals surface area contributed by atoms with Crippen molar-refractivity contribution in [2.75, 3.05) is 99.8 Å². The molecule has 11 unspecified atom stereocenters. The number of carboxylic acid groups (broad SMARTS) is 2. The van der Waals surface area contributed by atoms with Crippen molar-refractivity contribution >= 4 is 151 Å². The number of hydrogen-bond donors (Lipinski definition) is 6. The maximum Gasteiger partial charge on any atom is 1.00 e. The van der Waals surface area contributed by atoms with E-state index in [-0.39, 0.29) is 110 Å². The van der Waals surface area contributed by atoms with Gasteiger partial charge in [-0.2, -0.15) is 39.5 Å². The number of aldehydes is 1. The van der Waals surface area contributed by atoms with E-state index in [4.69, 9.17) is 81.4 Å². The standard InChI is InChI=1S/C31H39ClF3N3O4S.C30H36ClF3N4O4.C20H32F3N3OS.C11H9ClO4.C7H5ClO.C4H4O3.C2H4O2.Na/c1-19(2)16-25(36-43(41)30(3,4)5)23-17-21(31(33,34)35)8-11-26(23)37-12-14-38(15-13-37)29(40)24-18-27(39)42-28(24)20-6-9-22(32)10-7-20;1-18(2)15-24(36-26(39)9-10-35)22-16-20(30(32,33)34)5-8-25(22)37-11-13-38(14-12-37)29(41)23-17-27(40)42-28(23)19-3-6-21(31)7-4-19;1-14(2)12-17(25-28(27)19(3,4)5)16-13-15(20(21,22)23)6-7-18(16)26-10-8-24-9-11-26;12-7-3-1-6(2-4-7)10-8(11(14)15)5-9(13)16-10;8-7-3-1-6(5-9)2-4-7;5-3-1-2-4(6)7-3;1-2(3)4;/h6-11,17,19,24-25,28,36H,12-16,18H2,1-5H3;3-8,16,18,23-24,28H,9-15,17,35H2,1-2H3,(H,36,39);6-7,13-14,17,24-25H,8-12H2,1-5H3;1-4,8,10H,5H2,(H,14,15);1-5H;1-2H2;1H3,(H,3,4);/q;;;;;;;+1/p-1. The minimum Gasteiger partial charge on any atom is -0.550 e. The summed E-state index contributed by atoms with van der Waals surface area (Å²) in [6.07, 6.45) is -12.9. The summed E-state index contributed by atoms with van der Waals surface area (Å²) in [5.41, 5.74) is 9.34. The number of hydrogen-bond acceptors (Lipinski definition) is 23. The van der Waals surface area contributed by atoms with E-state index < -0.39 is 163 Å². The normalized spacial score (nSPS) is 19.3. The van der Waals surface area contributed by atoms with Crippen LogP contribution in [0.4, 0.5) is 56.6 Å². The number of nitrogens with zero attached hydrogens (tertiary/aromatic N) is 5. The van der Waals surface area contributed by atoms with Gasteiger partial charge in [0.25, 0.3) is 0 Å². The van der Waals surface area contributed by atoms with Gasteiger partial charge < -0.3 is 74.8 Å². The van der Waals surface area contributed by atoms with Crippen LogP contribution in [0.1, 0.15) is 245 Å². The summed E-state index contributed by atoms with van der Waals surface area (Å²) in [6, 6.07) is 36.6. The zero-order chi connectivity index (χ0) is 111. The summed E-state index contributed by atoms with van der Waals surface area (Å²) in [7, 11) is -2.90. The summed E-state index contributed by atoms with van der Waals surface area (Å²) in [4.78, 5) is 134. The van der Waals surface area contributed by atoms with Crippen LogP contribution < -0.4 is 75.2 Å². The molecule has 29 nitrogen and oxygen atoms in total. The van der Waals surface area contributed by atoms with Crippen molar-refractivity contribution < 1.29 is 159 Å². The van der Waals surface area contributed by atoms with E-state index in [0.29, 0.717) is 142 Å². The average Bonchev–Trinajstić information content (AvgIpc) is 1.21. The summed E-state index contributed by atoms with van der Waals surface area (Å²) in [6.45, 7) is 29.8. The topological polar surface area (TPSA) is 392 Å². The summed E-state index contributed by atoms with van der Waals surface area (Å²) in [5, 5.41) is 26.3. The Hall–Kier alpha value is -9.82. The molecule has 7 saturated heterocycles. The fourth-order valence-corrected chi connectivity index (χ4v) is 19.1. The number of aliphatic carboxylic acids is 2. The molecule has 0 aromatic heterocycles. The number of nitrogens with two attached hydrogens (primary N) is 1. The molecule has 11 atom stereocenters. The van der Waals surface area contributed by atoms with Gasteiger partial charge in [0.1, 0.15) is 30.5 Å². The number of halogens is 13. The molecule has 0 radical (unpaired) electrons. The summed E-state index contributed by atoms with van der Waals surface area (Å²) >= 11 is 23.3. The molecular formula is C105H128Cl4F9N10NaO19S2. The molecule has 45 heteroatoms. The number of cyclic esters (lactones) is 5. The number of carbonyl (C=O) groups excluding carboxylic acids is 10. The van der Waals surface area contributed by atoms with Crippen LogP contribution in [0.2, 0.25) is 20.1 Å². The number of nitrogens with one attached hydrogen (secondary N) is 4. The molecule has 0 bridgehead atoms. The molecule has 7 aliphatic heterocycles. The Balaban J connectivity index is 0.000000262. The quantitative estimate of drug-likeness (QED) is 0.00732. The minimum atomic E-state index is -4.55. The van der Waals surface area contributed by atoms with E-state index in [2.05, 4.69) is 29.7 Å². The molecule has 7 fully saturated rings. The van der Waals surface area contributed by atoms with Gasteiger partial charge in [-0.3, -0.25) is 47.9 Å². The van der Waals surface area contributed by atoms with E-state index in [9.17, 15) is 95.9 Å². The minimum absolute atomic E-state index is 0. The number of piperazine rings is 3. The SMILES string of the molecule is CC(=O)[O-].CC(C)CC(NC(=O)CCN)c1cc(C(F)(F)F)ccc1N1CCN(C(=O)C2CC(=O)OC2c2ccc(Cl)cc2)CC1.CC(C)CC(NS(=O)C(C)(C)C)c1cc(C(F)(F)F)ccc1N1CCN(C(=O)C2CC(=O)OC2c2ccc(Cl)cc2)CC1.CC(C)CC(NS(=O)C(C)(C)C)c1cc(C(F)(F)F)ccc1N1CCNCC1.O=C1CC(C(=O)O)C(c2ccc(Cl)cc2)O1.O=C1CCC(=O)O1.O=Cc1ccc(Cl)cc1.[Na+]. The molecule has 0 aliphatic carbocycles. The van der Waals surface area contributed by atoms with Crippen molar-refractivity contribution in [3.05, 3.63) is 227 Å². The van der Waals surface area contributed by atoms with Crippen molar-refractivity contribution in [3.63, 3.8) is 0 Å². The third kappa shape index (κ3) is 39.3. The van der Waals surface area contributed by atoms with Crippen LogP contribution >= 0.6 is 46.4 Å². The Bertz CT molecular complexity index is 5760. The van der Waals surface area contributed by atoms with Crippen molar-refractivity contribution in [2.45, 2.75) is 212 Å². The molecule has 7 heterocycles. The molecular weight excluding hydrogens is 2110 g/mol. The van der Waals surface area contributed by atoms with Gasteiger partial charge in [-0.05, 0) is 222 Å². The fourth-order valence-electron chi connectivity index (χ4n) is 16.9. The third-order valence-corrected chi connectivity index (χ3v) is 28.5. The maximum atomic E-state index is 13.8. The van der Waals surface area contributed by atoms with Gasteiger partial charge in [0.05, 0.1) is 98.1 Å². The number of alkyl halides is 9. The van der Waals surface area contributed by atoms with E-state index in [1.54, 1.807) is 113 Å². The second kappa shape index (κ2) is 57.9. The average molecular weight is 2230 g/mol. The first-order valence-electron chi connectivity index (χ1n) is 48.4. The first kappa shape index (κ1) is 127. The van der Waals surface area contributed by atoms with Gasteiger partial charge in [-0.15, -0.1) is 0 Å². The number of anilines is 3. The van der Waals surface area contributed by atoms with Gasteiger partial charge in [-0.1, -0.05) is 136 Å². The third-order valence-electron chi connectivity index (χ3n) is 24.3. The zero-order valence-electron chi connectivity index (χ0n) is 85.8. The monoisotopic (exact) mass is 2230 g/mol. The molecule has 0 saturated carbocycles. The smallest absolute Gasteiger partial charge is 0.550 e. The van der Waals surface area contributed by atoms with Crippen molar-refractivity contribution in [2.24, 2.45) is 41.2 Å². The number of amides is 3. The number of benzene rings is 7.